The van der Waals surface area contributed by atoms with Crippen LogP contribution in [0.5, 0.6) is 0 Å². The van der Waals surface area contributed by atoms with Gasteiger partial charge in [-0.1, -0.05) is 0 Å². The first-order valence-electron chi connectivity index (χ1n) is 8.75. The molecule has 9 nitrogen and oxygen atoms in total. The molecule has 3 aromatic rings. The largest absolute Gasteiger partial charge is 0.351 e. The SMILES string of the molecule is Cc1nnc2c(C(F)F)cc3cnc(NC4CCN(S(C)(=O)=O)CC4)nc3n12. The summed E-state index contributed by atoms with van der Waals surface area (Å²) in [6.07, 6.45) is 1.25. The second-order valence-corrected chi connectivity index (χ2v) is 8.84. The number of sulfonamides is 1. The highest BCUT2D eigenvalue weighted by Gasteiger charge is 2.25. The smallest absolute Gasteiger partial charge is 0.267 e. The highest BCUT2D eigenvalue weighted by atomic mass is 32.2. The maximum Gasteiger partial charge on any atom is 0.267 e. The highest BCUT2D eigenvalue weighted by Crippen LogP contribution is 2.28. The summed E-state index contributed by atoms with van der Waals surface area (Å²) >= 11 is 0. The first kappa shape index (κ1) is 18.9. The van der Waals surface area contributed by atoms with Gasteiger partial charge in [-0.15, -0.1) is 10.2 Å². The molecule has 1 N–H and O–H groups in total. The van der Waals surface area contributed by atoms with E-state index < -0.39 is 16.4 Å². The predicted octanol–water partition coefficient (Wildman–Crippen LogP) is 1.75. The van der Waals surface area contributed by atoms with Crippen LogP contribution in [-0.4, -0.2) is 62.7 Å². The van der Waals surface area contributed by atoms with Crippen molar-refractivity contribution in [3.05, 3.63) is 23.7 Å². The number of fused-ring (bicyclic) bond motifs is 3. The van der Waals surface area contributed by atoms with Crippen molar-refractivity contribution in [2.45, 2.75) is 32.2 Å². The van der Waals surface area contributed by atoms with E-state index in [2.05, 4.69) is 25.5 Å². The summed E-state index contributed by atoms with van der Waals surface area (Å²) in [5.41, 5.74) is 0.296. The molecule has 28 heavy (non-hydrogen) atoms. The minimum Gasteiger partial charge on any atom is -0.351 e. The van der Waals surface area contributed by atoms with Crippen molar-refractivity contribution >= 4 is 32.7 Å². The summed E-state index contributed by atoms with van der Waals surface area (Å²) in [6.45, 7) is 2.53. The van der Waals surface area contributed by atoms with Gasteiger partial charge in [-0.2, -0.15) is 4.98 Å². The number of nitrogens with zero attached hydrogens (tertiary/aromatic N) is 6. The van der Waals surface area contributed by atoms with Crippen molar-refractivity contribution in [3.63, 3.8) is 0 Å². The molecular formula is C16H19F2N7O2S. The molecule has 0 bridgehead atoms. The molecule has 3 aromatic heterocycles. The van der Waals surface area contributed by atoms with Gasteiger partial charge in [0, 0.05) is 30.7 Å². The summed E-state index contributed by atoms with van der Waals surface area (Å²) < 4.78 is 52.9. The van der Waals surface area contributed by atoms with Crippen LogP contribution in [0.15, 0.2) is 12.3 Å². The summed E-state index contributed by atoms with van der Waals surface area (Å²) in [6, 6.07) is 1.35. The number of hydrogen-bond donors (Lipinski definition) is 1. The Balaban J connectivity index is 1.64. The Bertz CT molecular complexity index is 1140. The molecule has 4 rings (SSSR count). The number of nitrogens with one attached hydrogen (secondary N) is 1. The summed E-state index contributed by atoms with van der Waals surface area (Å²) in [5, 5.41) is 11.4. The zero-order chi connectivity index (χ0) is 20.1. The van der Waals surface area contributed by atoms with E-state index >= 15 is 0 Å². The number of rotatable bonds is 4. The van der Waals surface area contributed by atoms with Crippen molar-refractivity contribution in [2.24, 2.45) is 0 Å². The minimum atomic E-state index is -3.19. The Morgan fingerprint density at radius 1 is 1.21 bits per heavy atom. The topological polar surface area (TPSA) is 105 Å². The summed E-state index contributed by atoms with van der Waals surface area (Å²) in [5.74, 6) is 0.804. The van der Waals surface area contributed by atoms with Gasteiger partial charge in [0.15, 0.2) is 11.3 Å². The Labute approximate surface area is 159 Å². The highest BCUT2D eigenvalue weighted by molar-refractivity contribution is 7.88. The van der Waals surface area contributed by atoms with Crippen LogP contribution in [0.3, 0.4) is 0 Å². The van der Waals surface area contributed by atoms with E-state index in [0.29, 0.717) is 48.7 Å². The normalized spacial score (nSPS) is 17.0. The van der Waals surface area contributed by atoms with Crippen molar-refractivity contribution in [1.82, 2.24) is 28.9 Å². The molecule has 0 amide bonds. The van der Waals surface area contributed by atoms with Gasteiger partial charge in [0.2, 0.25) is 16.0 Å². The number of halogens is 2. The predicted molar refractivity (Wildman–Crippen MR) is 98.8 cm³/mol. The molecule has 0 atom stereocenters. The van der Waals surface area contributed by atoms with E-state index in [4.69, 9.17) is 0 Å². The van der Waals surface area contributed by atoms with Crippen molar-refractivity contribution in [1.29, 1.82) is 0 Å². The van der Waals surface area contributed by atoms with Crippen LogP contribution in [-0.2, 0) is 10.0 Å². The van der Waals surface area contributed by atoms with Gasteiger partial charge in [-0.25, -0.2) is 26.5 Å². The monoisotopic (exact) mass is 411 g/mol. The molecule has 12 heteroatoms. The third kappa shape index (κ3) is 3.37. The molecule has 150 valence electrons. The molecule has 0 aliphatic carbocycles. The Hall–Kier alpha value is -2.47. The van der Waals surface area contributed by atoms with E-state index in [0.717, 1.165) is 0 Å². The maximum atomic E-state index is 13.4. The van der Waals surface area contributed by atoms with Gasteiger partial charge in [0.25, 0.3) is 6.43 Å². The van der Waals surface area contributed by atoms with Crippen molar-refractivity contribution in [3.8, 4) is 0 Å². The van der Waals surface area contributed by atoms with Gasteiger partial charge >= 0.3 is 0 Å². The van der Waals surface area contributed by atoms with E-state index in [-0.39, 0.29) is 17.3 Å². The lowest BCUT2D eigenvalue weighted by Crippen LogP contribution is -2.42. The third-order valence-corrected chi connectivity index (χ3v) is 6.20. The Morgan fingerprint density at radius 3 is 2.57 bits per heavy atom. The maximum absolute atomic E-state index is 13.4. The first-order chi connectivity index (χ1) is 13.2. The number of pyridine rings is 1. The van der Waals surface area contributed by atoms with Crippen LogP contribution < -0.4 is 5.32 Å². The number of piperidine rings is 1. The number of anilines is 1. The zero-order valence-corrected chi connectivity index (χ0v) is 16.1. The van der Waals surface area contributed by atoms with Gasteiger partial charge in [0.05, 0.1) is 11.8 Å². The van der Waals surface area contributed by atoms with Crippen LogP contribution in [0.25, 0.3) is 16.7 Å². The van der Waals surface area contributed by atoms with Gasteiger partial charge in [0.1, 0.15) is 5.82 Å². The fraction of sp³-hybridized carbons (Fsp3) is 0.500. The molecular weight excluding hydrogens is 392 g/mol. The average molecular weight is 411 g/mol. The van der Waals surface area contributed by atoms with Gasteiger partial charge in [-0.05, 0) is 25.8 Å². The average Bonchev–Trinajstić information content (AvgIpc) is 3.03. The lowest BCUT2D eigenvalue weighted by Gasteiger charge is -2.30. The van der Waals surface area contributed by atoms with Crippen molar-refractivity contribution < 1.29 is 17.2 Å². The van der Waals surface area contributed by atoms with Crippen LogP contribution in [0.1, 0.15) is 30.7 Å². The lowest BCUT2D eigenvalue weighted by molar-refractivity contribution is 0.152. The van der Waals surface area contributed by atoms with Crippen LogP contribution >= 0.6 is 0 Å². The molecule has 0 saturated carbocycles. The molecule has 0 radical (unpaired) electrons. The van der Waals surface area contributed by atoms with Crippen LogP contribution in [0, 0.1) is 6.92 Å². The molecule has 0 aromatic carbocycles. The quantitative estimate of drug-likeness (QED) is 0.697. The standard InChI is InChI=1S/C16H19F2N7O2S/c1-9-22-23-15-12(13(17)18)7-10-8-19-16(21-14(10)25(9)15)20-11-3-5-24(6-4-11)28(2,26)27/h7-8,11,13H,3-6H2,1-2H3,(H,19,20,21). The fourth-order valence-electron chi connectivity index (χ4n) is 3.44. The second-order valence-electron chi connectivity index (χ2n) is 6.86. The third-order valence-electron chi connectivity index (χ3n) is 4.89. The molecule has 1 aliphatic rings. The molecule has 1 aliphatic heterocycles. The van der Waals surface area contributed by atoms with Gasteiger partial charge < -0.3 is 5.32 Å². The summed E-state index contributed by atoms with van der Waals surface area (Å²) in [7, 11) is -3.19. The molecule has 0 unspecified atom stereocenters. The minimum absolute atomic E-state index is 0.0216. The number of hydrogen-bond acceptors (Lipinski definition) is 7. The summed E-state index contributed by atoms with van der Waals surface area (Å²) in [4.78, 5) is 8.72. The first-order valence-corrected chi connectivity index (χ1v) is 10.6. The van der Waals surface area contributed by atoms with Crippen LogP contribution in [0.4, 0.5) is 14.7 Å². The van der Waals surface area contributed by atoms with Crippen molar-refractivity contribution in [2.75, 3.05) is 24.7 Å². The Kier molecular flexibility index (Phi) is 4.62. The van der Waals surface area contributed by atoms with Gasteiger partial charge in [-0.3, -0.25) is 4.40 Å². The zero-order valence-electron chi connectivity index (χ0n) is 15.3. The van der Waals surface area contributed by atoms with E-state index in [1.165, 1.54) is 27.2 Å². The molecule has 1 fully saturated rings. The lowest BCUT2D eigenvalue weighted by atomic mass is 10.1. The molecule has 1 saturated heterocycles. The number of aromatic nitrogens is 5. The number of alkyl halides is 2. The number of aryl methyl sites for hydroxylation is 1. The molecule has 4 heterocycles. The van der Waals surface area contributed by atoms with E-state index in [9.17, 15) is 17.2 Å². The second kappa shape index (κ2) is 6.85. The fourth-order valence-corrected chi connectivity index (χ4v) is 4.32. The Morgan fingerprint density at radius 2 is 1.93 bits per heavy atom. The van der Waals surface area contributed by atoms with Crippen LogP contribution in [0.2, 0.25) is 0 Å². The van der Waals surface area contributed by atoms with E-state index in [1.54, 1.807) is 6.92 Å². The molecule has 0 spiro atoms. The van der Waals surface area contributed by atoms with E-state index in [1.807, 2.05) is 0 Å².